The van der Waals surface area contributed by atoms with Gasteiger partial charge in [-0.3, -0.25) is 0 Å². The summed E-state index contributed by atoms with van der Waals surface area (Å²) in [6.45, 7) is 0. The van der Waals surface area contributed by atoms with Crippen molar-refractivity contribution in [3.63, 3.8) is 0 Å². The molecule has 8 heteroatoms. The minimum Gasteiger partial charge on any atom is -0.207 e. The van der Waals surface area contributed by atoms with Gasteiger partial charge in [0, 0.05) is 12.1 Å². The van der Waals surface area contributed by atoms with Crippen molar-refractivity contribution in [1.29, 1.82) is 0 Å². The van der Waals surface area contributed by atoms with Crippen LogP contribution in [0.1, 0.15) is 0 Å². The first kappa shape index (κ1) is 13.4. The molecule has 1 aromatic heterocycles. The SMILES string of the molecule is Fc1cc(F)c(-c2c(Cl)nc(Cl)nc2Cl)c(F)c1. The van der Waals surface area contributed by atoms with Crippen LogP contribution in [0.4, 0.5) is 13.2 Å². The topological polar surface area (TPSA) is 25.8 Å². The minimum absolute atomic E-state index is 0.267. The summed E-state index contributed by atoms with van der Waals surface area (Å²) < 4.78 is 39.9. The first-order chi connectivity index (χ1) is 8.40. The molecule has 18 heavy (non-hydrogen) atoms. The molecule has 2 rings (SSSR count). The number of rotatable bonds is 1. The highest BCUT2D eigenvalue weighted by molar-refractivity contribution is 6.39. The van der Waals surface area contributed by atoms with Gasteiger partial charge in [0.2, 0.25) is 5.28 Å². The van der Waals surface area contributed by atoms with Crippen LogP contribution in [0.5, 0.6) is 0 Å². The summed E-state index contributed by atoms with van der Waals surface area (Å²) in [5, 5.41) is -0.925. The van der Waals surface area contributed by atoms with Gasteiger partial charge in [-0.15, -0.1) is 0 Å². The molecule has 0 saturated carbocycles. The predicted octanol–water partition coefficient (Wildman–Crippen LogP) is 4.52. The molecular formula is C10H2Cl3F3N2. The van der Waals surface area contributed by atoms with Crippen molar-refractivity contribution in [2.24, 2.45) is 0 Å². The Kier molecular flexibility index (Phi) is 3.66. The maximum atomic E-state index is 13.6. The molecule has 0 radical (unpaired) electrons. The molecule has 2 nitrogen and oxygen atoms in total. The smallest absolute Gasteiger partial charge is 0.207 e. The first-order valence-electron chi connectivity index (χ1n) is 4.43. The highest BCUT2D eigenvalue weighted by atomic mass is 35.5. The van der Waals surface area contributed by atoms with Crippen LogP contribution in [0.2, 0.25) is 15.6 Å². The Balaban J connectivity index is 2.78. The summed E-state index contributed by atoms with van der Waals surface area (Å²) >= 11 is 16.9. The highest BCUT2D eigenvalue weighted by Gasteiger charge is 2.21. The summed E-state index contributed by atoms with van der Waals surface area (Å²) in [5.41, 5.74) is -0.888. The summed E-state index contributed by atoms with van der Waals surface area (Å²) in [5.74, 6) is -3.39. The quantitative estimate of drug-likeness (QED) is 0.571. The lowest BCUT2D eigenvalue weighted by atomic mass is 10.1. The van der Waals surface area contributed by atoms with Gasteiger partial charge in [-0.2, -0.15) is 0 Å². The van der Waals surface area contributed by atoms with E-state index in [1.165, 1.54) is 0 Å². The summed E-state index contributed by atoms with van der Waals surface area (Å²) in [7, 11) is 0. The minimum atomic E-state index is -1.16. The Morgan fingerprint density at radius 2 is 1.22 bits per heavy atom. The van der Waals surface area contributed by atoms with Crippen LogP contribution in [0.25, 0.3) is 11.1 Å². The molecule has 0 fully saturated rings. The van der Waals surface area contributed by atoms with Crippen molar-refractivity contribution >= 4 is 34.8 Å². The Bertz CT molecular complexity index is 532. The molecule has 0 saturated heterocycles. The van der Waals surface area contributed by atoms with Crippen LogP contribution in [0.3, 0.4) is 0 Å². The third-order valence-electron chi connectivity index (χ3n) is 2.05. The van der Waals surface area contributed by atoms with Crippen LogP contribution in [-0.4, -0.2) is 9.97 Å². The van der Waals surface area contributed by atoms with Gasteiger partial charge in [-0.05, 0) is 11.6 Å². The molecule has 0 aliphatic rings. The summed E-state index contributed by atoms with van der Waals surface area (Å²) in [6.07, 6.45) is 0. The lowest BCUT2D eigenvalue weighted by Crippen LogP contribution is -1.97. The Hall–Kier alpha value is -1.04. The van der Waals surface area contributed by atoms with E-state index in [1.807, 2.05) is 0 Å². The third kappa shape index (κ3) is 2.39. The second-order valence-corrected chi connectivity index (χ2v) is 4.25. The van der Waals surface area contributed by atoms with Gasteiger partial charge >= 0.3 is 0 Å². The second-order valence-electron chi connectivity index (χ2n) is 3.19. The van der Waals surface area contributed by atoms with Gasteiger partial charge in [-0.25, -0.2) is 23.1 Å². The Morgan fingerprint density at radius 1 is 0.778 bits per heavy atom. The largest absolute Gasteiger partial charge is 0.225 e. The zero-order chi connectivity index (χ0) is 13.4. The zero-order valence-corrected chi connectivity index (χ0v) is 10.6. The van der Waals surface area contributed by atoms with E-state index in [2.05, 4.69) is 9.97 Å². The molecule has 0 spiro atoms. The van der Waals surface area contributed by atoms with Crippen molar-refractivity contribution < 1.29 is 13.2 Å². The Labute approximate surface area is 114 Å². The fourth-order valence-corrected chi connectivity index (χ4v) is 2.20. The van der Waals surface area contributed by atoms with Crippen LogP contribution in [-0.2, 0) is 0 Å². The zero-order valence-electron chi connectivity index (χ0n) is 8.32. The van der Waals surface area contributed by atoms with Crippen LogP contribution in [0.15, 0.2) is 12.1 Å². The number of benzene rings is 1. The number of nitrogens with zero attached hydrogens (tertiary/aromatic N) is 2. The monoisotopic (exact) mass is 312 g/mol. The van der Waals surface area contributed by atoms with Crippen molar-refractivity contribution in [1.82, 2.24) is 9.97 Å². The van der Waals surface area contributed by atoms with Crippen molar-refractivity contribution in [2.75, 3.05) is 0 Å². The number of aromatic nitrogens is 2. The van der Waals surface area contributed by atoms with Gasteiger partial charge in [0.25, 0.3) is 0 Å². The number of hydrogen-bond donors (Lipinski definition) is 0. The molecule has 0 aliphatic heterocycles. The normalized spacial score (nSPS) is 10.8. The fourth-order valence-electron chi connectivity index (χ4n) is 1.37. The van der Waals surface area contributed by atoms with E-state index in [0.717, 1.165) is 0 Å². The molecule has 0 N–H and O–H groups in total. The third-order valence-corrected chi connectivity index (χ3v) is 2.77. The van der Waals surface area contributed by atoms with E-state index < -0.39 is 23.0 Å². The van der Waals surface area contributed by atoms with E-state index in [9.17, 15) is 13.2 Å². The molecule has 1 heterocycles. The lowest BCUT2D eigenvalue weighted by Gasteiger charge is -2.08. The number of hydrogen-bond acceptors (Lipinski definition) is 2. The first-order valence-corrected chi connectivity index (χ1v) is 5.57. The molecule has 94 valence electrons. The molecule has 0 unspecified atom stereocenters. The molecule has 0 aliphatic carbocycles. The van der Waals surface area contributed by atoms with Crippen LogP contribution >= 0.6 is 34.8 Å². The van der Waals surface area contributed by atoms with Gasteiger partial charge in [0.05, 0.1) is 11.1 Å². The van der Waals surface area contributed by atoms with Crippen molar-refractivity contribution in [2.45, 2.75) is 0 Å². The van der Waals surface area contributed by atoms with Crippen molar-refractivity contribution in [3.8, 4) is 11.1 Å². The molecule has 0 atom stereocenters. The van der Waals surface area contributed by atoms with Gasteiger partial charge < -0.3 is 0 Å². The van der Waals surface area contributed by atoms with Gasteiger partial charge in [0.15, 0.2) is 0 Å². The summed E-state index contributed by atoms with van der Waals surface area (Å²) in [6, 6.07) is 0.999. The van der Waals surface area contributed by atoms with Gasteiger partial charge in [0.1, 0.15) is 27.8 Å². The molecule has 1 aromatic carbocycles. The van der Waals surface area contributed by atoms with E-state index in [4.69, 9.17) is 34.8 Å². The van der Waals surface area contributed by atoms with Crippen molar-refractivity contribution in [3.05, 3.63) is 45.2 Å². The number of halogens is 6. The van der Waals surface area contributed by atoms with E-state index in [0.29, 0.717) is 12.1 Å². The fraction of sp³-hybridized carbons (Fsp3) is 0. The average Bonchev–Trinajstić information content (AvgIpc) is 2.20. The average molecular weight is 313 g/mol. The molecule has 0 bridgehead atoms. The maximum absolute atomic E-state index is 13.6. The Morgan fingerprint density at radius 3 is 1.67 bits per heavy atom. The molecule has 2 aromatic rings. The van der Waals surface area contributed by atoms with E-state index >= 15 is 0 Å². The second kappa shape index (κ2) is 4.91. The maximum Gasteiger partial charge on any atom is 0.225 e. The van der Waals surface area contributed by atoms with E-state index in [1.54, 1.807) is 0 Å². The molecular weight excluding hydrogens is 311 g/mol. The van der Waals surface area contributed by atoms with Crippen LogP contribution < -0.4 is 0 Å². The predicted molar refractivity (Wildman–Crippen MR) is 62.4 cm³/mol. The standard InChI is InChI=1S/C10H2Cl3F3N2/c11-8-7(9(12)18-10(13)17-8)6-4(15)1-3(14)2-5(6)16/h1-2H. The highest BCUT2D eigenvalue weighted by Crippen LogP contribution is 2.36. The summed E-state index contributed by atoms with van der Waals surface area (Å²) in [4.78, 5) is 7.05. The lowest BCUT2D eigenvalue weighted by molar-refractivity contribution is 0.548. The van der Waals surface area contributed by atoms with E-state index in [-0.39, 0.29) is 21.2 Å². The van der Waals surface area contributed by atoms with Gasteiger partial charge in [-0.1, -0.05) is 23.2 Å². The molecule has 0 amide bonds. The van der Waals surface area contributed by atoms with Crippen LogP contribution in [0, 0.1) is 17.5 Å².